The molecule has 0 aromatic heterocycles. The Morgan fingerprint density at radius 2 is 1.67 bits per heavy atom. The Morgan fingerprint density at radius 1 is 1.04 bits per heavy atom. The molecule has 0 radical (unpaired) electrons. The summed E-state index contributed by atoms with van der Waals surface area (Å²) in [5, 5.41) is 0. The van der Waals surface area contributed by atoms with Crippen molar-refractivity contribution in [1.29, 1.82) is 0 Å². The molecule has 0 saturated heterocycles. The molecule has 0 fully saturated rings. The third-order valence-corrected chi connectivity index (χ3v) is 4.41. The van der Waals surface area contributed by atoms with Gasteiger partial charge in [-0.2, -0.15) is 0 Å². The van der Waals surface area contributed by atoms with Crippen LogP contribution in [0.5, 0.6) is 0 Å². The number of carbonyl (C=O) groups is 2. The van der Waals surface area contributed by atoms with Crippen LogP contribution >= 0.6 is 0 Å². The fraction of sp³-hybridized carbons (Fsp3) is 0.842. The molecule has 0 rings (SSSR count). The molecule has 138 valence electrons. The van der Waals surface area contributed by atoms with Gasteiger partial charge in [0.1, 0.15) is 12.4 Å². The molecule has 0 heterocycles. The SMILES string of the molecule is [C-]#[N+]C(C)(CCC(=O)CCCOCCOCC(=O)C(C)C)C(C)C. The summed E-state index contributed by atoms with van der Waals surface area (Å²) in [5.74, 6) is 0.521. The molecule has 0 aromatic carbocycles. The average molecular weight is 339 g/mol. The predicted octanol–water partition coefficient (Wildman–Crippen LogP) is 3.71. The fourth-order valence-electron chi connectivity index (χ4n) is 1.92. The Bertz CT molecular complexity index is 426. The molecule has 5 heteroatoms. The summed E-state index contributed by atoms with van der Waals surface area (Å²) >= 11 is 0. The Morgan fingerprint density at radius 3 is 2.21 bits per heavy atom. The van der Waals surface area contributed by atoms with E-state index in [1.54, 1.807) is 0 Å². The number of nitrogens with zero attached hydrogens (tertiary/aromatic N) is 1. The molecular formula is C19H33NO4. The van der Waals surface area contributed by atoms with Crippen LogP contribution in [-0.4, -0.2) is 43.5 Å². The van der Waals surface area contributed by atoms with E-state index in [1.807, 2.05) is 34.6 Å². The first-order chi connectivity index (χ1) is 11.2. The van der Waals surface area contributed by atoms with E-state index in [4.69, 9.17) is 16.0 Å². The van der Waals surface area contributed by atoms with Crippen molar-refractivity contribution in [2.24, 2.45) is 11.8 Å². The van der Waals surface area contributed by atoms with E-state index in [9.17, 15) is 9.59 Å². The quantitative estimate of drug-likeness (QED) is 0.358. The van der Waals surface area contributed by atoms with Gasteiger partial charge < -0.3 is 14.3 Å². The number of rotatable bonds is 14. The largest absolute Gasteiger partial charge is 0.379 e. The zero-order valence-electron chi connectivity index (χ0n) is 15.9. The first kappa shape index (κ1) is 22.8. The van der Waals surface area contributed by atoms with Gasteiger partial charge in [0.25, 0.3) is 0 Å². The van der Waals surface area contributed by atoms with Gasteiger partial charge in [0.05, 0.1) is 13.2 Å². The van der Waals surface area contributed by atoms with Gasteiger partial charge in [0, 0.05) is 44.6 Å². The minimum atomic E-state index is -0.448. The third kappa shape index (κ3) is 9.79. The Balaban J connectivity index is 3.63. The van der Waals surface area contributed by atoms with Crippen LogP contribution in [0.3, 0.4) is 0 Å². The topological polar surface area (TPSA) is 57.0 Å². The van der Waals surface area contributed by atoms with Crippen LogP contribution in [0, 0.1) is 18.4 Å². The molecule has 0 aliphatic carbocycles. The van der Waals surface area contributed by atoms with Crippen molar-refractivity contribution in [2.75, 3.05) is 26.4 Å². The van der Waals surface area contributed by atoms with Gasteiger partial charge in [-0.3, -0.25) is 9.59 Å². The summed E-state index contributed by atoms with van der Waals surface area (Å²) < 4.78 is 10.6. The Labute approximate surface area is 146 Å². The smallest absolute Gasteiger partial charge is 0.232 e. The molecule has 0 spiro atoms. The highest BCUT2D eigenvalue weighted by Crippen LogP contribution is 2.27. The van der Waals surface area contributed by atoms with Crippen LogP contribution in [-0.2, 0) is 19.1 Å². The van der Waals surface area contributed by atoms with Crippen LogP contribution in [0.4, 0.5) is 0 Å². The van der Waals surface area contributed by atoms with Gasteiger partial charge >= 0.3 is 0 Å². The third-order valence-electron chi connectivity index (χ3n) is 4.41. The number of hydrogen-bond acceptors (Lipinski definition) is 4. The lowest BCUT2D eigenvalue weighted by Gasteiger charge is -2.20. The molecule has 0 saturated carbocycles. The van der Waals surface area contributed by atoms with Crippen molar-refractivity contribution < 1.29 is 19.1 Å². The van der Waals surface area contributed by atoms with Crippen LogP contribution in [0.25, 0.3) is 4.85 Å². The highest BCUT2D eigenvalue weighted by Gasteiger charge is 2.34. The van der Waals surface area contributed by atoms with E-state index in [1.165, 1.54) is 0 Å². The number of Topliss-reactive ketones (excluding diaryl/α,β-unsaturated/α-hetero) is 2. The lowest BCUT2D eigenvalue weighted by atomic mass is 9.84. The van der Waals surface area contributed by atoms with Gasteiger partial charge in [-0.15, -0.1) is 0 Å². The second-order valence-corrected chi connectivity index (χ2v) is 7.05. The molecule has 1 atom stereocenters. The van der Waals surface area contributed by atoms with Crippen LogP contribution in [0.1, 0.15) is 60.3 Å². The van der Waals surface area contributed by atoms with Crippen molar-refractivity contribution in [3.8, 4) is 0 Å². The summed E-state index contributed by atoms with van der Waals surface area (Å²) in [6.45, 7) is 18.4. The molecular weight excluding hydrogens is 306 g/mol. The van der Waals surface area contributed by atoms with Crippen LogP contribution in [0.15, 0.2) is 0 Å². The van der Waals surface area contributed by atoms with E-state index in [-0.39, 0.29) is 30.0 Å². The normalized spacial score (nSPS) is 13.8. The van der Waals surface area contributed by atoms with E-state index < -0.39 is 5.54 Å². The van der Waals surface area contributed by atoms with Crippen LogP contribution in [0.2, 0.25) is 0 Å². The van der Waals surface area contributed by atoms with E-state index >= 15 is 0 Å². The van der Waals surface area contributed by atoms with Crippen molar-refractivity contribution in [3.63, 3.8) is 0 Å². The minimum Gasteiger partial charge on any atom is -0.379 e. The number of hydrogen-bond donors (Lipinski definition) is 0. The molecule has 1 unspecified atom stereocenters. The summed E-state index contributed by atoms with van der Waals surface area (Å²) in [5.41, 5.74) is -0.448. The zero-order valence-corrected chi connectivity index (χ0v) is 15.9. The Kier molecular flexibility index (Phi) is 11.5. The predicted molar refractivity (Wildman–Crippen MR) is 94.8 cm³/mol. The lowest BCUT2D eigenvalue weighted by molar-refractivity contribution is -0.127. The van der Waals surface area contributed by atoms with Gasteiger partial charge in [0.15, 0.2) is 5.78 Å². The summed E-state index contributed by atoms with van der Waals surface area (Å²) in [6.07, 6.45) is 2.24. The first-order valence-electron chi connectivity index (χ1n) is 8.81. The fourth-order valence-corrected chi connectivity index (χ4v) is 1.92. The molecule has 0 N–H and O–H groups in total. The van der Waals surface area contributed by atoms with Crippen molar-refractivity contribution in [1.82, 2.24) is 0 Å². The first-order valence-corrected chi connectivity index (χ1v) is 8.81. The Hall–Kier alpha value is -1.25. The average Bonchev–Trinajstić information content (AvgIpc) is 2.54. The summed E-state index contributed by atoms with van der Waals surface area (Å²) in [6, 6.07) is 0. The summed E-state index contributed by atoms with van der Waals surface area (Å²) in [7, 11) is 0. The standard InChI is InChI=1S/C19H33NO4/c1-15(2)18(22)14-24-13-12-23-11-7-8-17(21)9-10-19(5,20-6)16(3)4/h15-16H,7-14H2,1-5H3. The van der Waals surface area contributed by atoms with Crippen LogP contribution < -0.4 is 0 Å². The van der Waals surface area contributed by atoms with Gasteiger partial charge in [-0.25, -0.2) is 6.57 Å². The lowest BCUT2D eigenvalue weighted by Crippen LogP contribution is -2.28. The van der Waals surface area contributed by atoms with Gasteiger partial charge in [0.2, 0.25) is 5.54 Å². The molecule has 0 aliphatic heterocycles. The molecule has 0 bridgehead atoms. The van der Waals surface area contributed by atoms with Crippen molar-refractivity contribution in [3.05, 3.63) is 11.4 Å². The molecule has 24 heavy (non-hydrogen) atoms. The second kappa shape index (κ2) is 12.2. The maximum Gasteiger partial charge on any atom is 0.232 e. The second-order valence-electron chi connectivity index (χ2n) is 7.05. The van der Waals surface area contributed by atoms with E-state index in [2.05, 4.69) is 4.85 Å². The highest BCUT2D eigenvalue weighted by molar-refractivity contribution is 5.81. The van der Waals surface area contributed by atoms with Gasteiger partial charge in [-0.1, -0.05) is 27.7 Å². The molecule has 0 aromatic rings. The number of ketones is 2. The number of carbonyl (C=O) groups excluding carboxylic acids is 2. The molecule has 5 nitrogen and oxygen atoms in total. The van der Waals surface area contributed by atoms with Crippen molar-refractivity contribution in [2.45, 2.75) is 65.8 Å². The maximum atomic E-state index is 11.9. The zero-order chi connectivity index (χ0) is 18.6. The molecule has 0 aliphatic rings. The highest BCUT2D eigenvalue weighted by atomic mass is 16.5. The molecule has 0 amide bonds. The minimum absolute atomic E-state index is 0.00247. The summed E-state index contributed by atoms with van der Waals surface area (Å²) in [4.78, 5) is 26.9. The van der Waals surface area contributed by atoms with E-state index in [0.29, 0.717) is 45.5 Å². The van der Waals surface area contributed by atoms with E-state index in [0.717, 1.165) is 0 Å². The van der Waals surface area contributed by atoms with Gasteiger partial charge in [-0.05, 0) is 6.42 Å². The monoisotopic (exact) mass is 339 g/mol. The van der Waals surface area contributed by atoms with Crippen molar-refractivity contribution >= 4 is 11.6 Å². The number of ether oxygens (including phenoxy) is 2. The maximum absolute atomic E-state index is 11.9.